The summed E-state index contributed by atoms with van der Waals surface area (Å²) in [6.07, 6.45) is 5.17. The summed E-state index contributed by atoms with van der Waals surface area (Å²) in [7, 11) is 1.60. The Balaban J connectivity index is 1.94. The molecule has 2 aliphatic rings. The van der Waals surface area contributed by atoms with Gasteiger partial charge >= 0.3 is 6.03 Å². The largest absolute Gasteiger partial charge is 0.344 e. The lowest BCUT2D eigenvalue weighted by atomic mass is 9.98. The van der Waals surface area contributed by atoms with Gasteiger partial charge in [-0.25, -0.2) is 9.48 Å². The van der Waals surface area contributed by atoms with Crippen molar-refractivity contribution in [3.05, 3.63) is 46.9 Å². The number of amides is 2. The molecular weight excluding hydrogens is 272 g/mol. The zero-order valence-electron chi connectivity index (χ0n) is 11.7. The van der Waals surface area contributed by atoms with Crippen LogP contribution >= 0.6 is 0 Å². The highest BCUT2D eigenvalue weighted by Gasteiger charge is 2.43. The minimum atomic E-state index is -0.222. The van der Waals surface area contributed by atoms with Gasteiger partial charge in [0.15, 0.2) is 0 Å². The monoisotopic (exact) mass is 288 g/mol. The molecule has 1 saturated heterocycles. The molecule has 7 heteroatoms. The number of aromatic nitrogens is 2. The number of rotatable bonds is 4. The van der Waals surface area contributed by atoms with E-state index in [1.165, 1.54) is 15.8 Å². The van der Waals surface area contributed by atoms with Crippen LogP contribution in [0.1, 0.15) is 5.56 Å². The maximum atomic E-state index is 12.2. The van der Waals surface area contributed by atoms with Gasteiger partial charge in [-0.1, -0.05) is 12.2 Å². The van der Waals surface area contributed by atoms with Crippen molar-refractivity contribution < 1.29 is 9.63 Å². The summed E-state index contributed by atoms with van der Waals surface area (Å²) in [6.45, 7) is 4.91. The zero-order chi connectivity index (χ0) is 15.0. The van der Waals surface area contributed by atoms with E-state index in [2.05, 4.69) is 11.7 Å². The maximum absolute atomic E-state index is 12.2. The number of nitrogens with zero attached hydrogens (tertiary/aromatic N) is 4. The summed E-state index contributed by atoms with van der Waals surface area (Å²) in [4.78, 5) is 31.1. The quantitative estimate of drug-likeness (QED) is 0.752. The molecule has 1 aromatic rings. The van der Waals surface area contributed by atoms with Crippen molar-refractivity contribution in [3.63, 3.8) is 0 Å². The number of carbonyl (C=O) groups is 1. The van der Waals surface area contributed by atoms with E-state index in [1.54, 1.807) is 24.2 Å². The number of hydrogen-bond acceptors (Lipinski definition) is 4. The molecule has 3 rings (SSSR count). The van der Waals surface area contributed by atoms with E-state index in [0.29, 0.717) is 13.1 Å². The lowest BCUT2D eigenvalue weighted by molar-refractivity contribution is -0.105. The van der Waals surface area contributed by atoms with E-state index in [9.17, 15) is 9.59 Å². The fourth-order valence-electron chi connectivity index (χ4n) is 2.57. The molecule has 1 aromatic heterocycles. The molecule has 0 radical (unpaired) electrons. The predicted octanol–water partition coefficient (Wildman–Crippen LogP) is 0.401. The highest BCUT2D eigenvalue weighted by Crippen LogP contribution is 2.31. The number of carbonyl (C=O) groups excluding carboxylic acids is 1. The van der Waals surface area contributed by atoms with Crippen LogP contribution in [-0.4, -0.2) is 51.5 Å². The molecule has 2 amide bonds. The molecule has 3 heterocycles. The average molecular weight is 288 g/mol. The first kappa shape index (κ1) is 13.6. The minimum absolute atomic E-state index is 0.162. The van der Waals surface area contributed by atoms with E-state index >= 15 is 0 Å². The van der Waals surface area contributed by atoms with Gasteiger partial charge in [-0.15, -0.1) is 6.58 Å². The van der Waals surface area contributed by atoms with Crippen LogP contribution < -0.4 is 5.56 Å². The fourth-order valence-corrected chi connectivity index (χ4v) is 2.57. The lowest BCUT2D eigenvalue weighted by Gasteiger charge is -2.24. The Morgan fingerprint density at radius 3 is 3.05 bits per heavy atom. The molecule has 21 heavy (non-hydrogen) atoms. The van der Waals surface area contributed by atoms with Gasteiger partial charge in [0.25, 0.3) is 5.56 Å². The molecule has 0 spiro atoms. The van der Waals surface area contributed by atoms with Crippen molar-refractivity contribution in [3.8, 4) is 0 Å². The van der Waals surface area contributed by atoms with Gasteiger partial charge in [0, 0.05) is 25.2 Å². The second-order valence-corrected chi connectivity index (χ2v) is 4.98. The zero-order valence-corrected chi connectivity index (χ0v) is 11.7. The van der Waals surface area contributed by atoms with Gasteiger partial charge in [-0.3, -0.25) is 9.63 Å². The van der Waals surface area contributed by atoms with E-state index in [0.717, 1.165) is 11.1 Å². The highest BCUT2D eigenvalue weighted by atomic mass is 16.7. The van der Waals surface area contributed by atoms with Crippen molar-refractivity contribution >= 4 is 11.6 Å². The number of aryl methyl sites for hydroxylation is 1. The van der Waals surface area contributed by atoms with E-state index < -0.39 is 0 Å². The SMILES string of the molecule is C=CCON1C(=O)N2CC=C(c3cnn(C)c(=O)c3)C1C2. The molecule has 1 unspecified atom stereocenters. The van der Waals surface area contributed by atoms with Crippen LogP contribution in [0, 0.1) is 0 Å². The molecular formula is C14H16N4O3. The smallest absolute Gasteiger partial charge is 0.317 e. The van der Waals surface area contributed by atoms with Crippen molar-refractivity contribution in [1.82, 2.24) is 19.7 Å². The number of fused-ring (bicyclic) bond motifs is 2. The minimum Gasteiger partial charge on any atom is -0.317 e. The van der Waals surface area contributed by atoms with Crippen LogP contribution in [0.15, 0.2) is 35.8 Å². The third kappa shape index (κ3) is 2.25. The first-order valence-corrected chi connectivity index (χ1v) is 6.67. The summed E-state index contributed by atoms with van der Waals surface area (Å²) < 4.78 is 1.27. The summed E-state index contributed by atoms with van der Waals surface area (Å²) in [5, 5.41) is 5.39. The average Bonchev–Trinajstić information content (AvgIpc) is 2.72. The van der Waals surface area contributed by atoms with Gasteiger partial charge < -0.3 is 4.90 Å². The van der Waals surface area contributed by atoms with Crippen molar-refractivity contribution in [1.29, 1.82) is 0 Å². The molecule has 2 bridgehead atoms. The van der Waals surface area contributed by atoms with Crippen LogP contribution in [-0.2, 0) is 11.9 Å². The van der Waals surface area contributed by atoms with Crippen LogP contribution in [0.3, 0.4) is 0 Å². The summed E-state index contributed by atoms with van der Waals surface area (Å²) in [6, 6.07) is 1.15. The first-order valence-electron chi connectivity index (χ1n) is 6.67. The molecule has 1 fully saturated rings. The Morgan fingerprint density at radius 2 is 2.33 bits per heavy atom. The van der Waals surface area contributed by atoms with Crippen LogP contribution in [0.4, 0.5) is 4.79 Å². The van der Waals surface area contributed by atoms with Gasteiger partial charge in [0.1, 0.15) is 6.04 Å². The fraction of sp³-hybridized carbons (Fsp3) is 0.357. The van der Waals surface area contributed by atoms with Crippen LogP contribution in [0.2, 0.25) is 0 Å². The Hall–Kier alpha value is -2.41. The van der Waals surface area contributed by atoms with Crippen molar-refractivity contribution in [2.45, 2.75) is 6.04 Å². The normalized spacial score (nSPS) is 20.7. The third-order valence-electron chi connectivity index (χ3n) is 3.66. The van der Waals surface area contributed by atoms with Crippen molar-refractivity contribution in [2.75, 3.05) is 19.7 Å². The topological polar surface area (TPSA) is 67.7 Å². The van der Waals surface area contributed by atoms with Gasteiger partial charge in [-0.2, -0.15) is 10.2 Å². The van der Waals surface area contributed by atoms with Crippen LogP contribution in [0.5, 0.6) is 0 Å². The lowest BCUT2D eigenvalue weighted by Crippen LogP contribution is -2.34. The molecule has 0 N–H and O–H groups in total. The molecule has 0 aromatic carbocycles. The number of urea groups is 1. The van der Waals surface area contributed by atoms with E-state index in [-0.39, 0.29) is 24.2 Å². The van der Waals surface area contributed by atoms with Crippen molar-refractivity contribution in [2.24, 2.45) is 7.05 Å². The molecule has 2 aliphatic heterocycles. The maximum Gasteiger partial charge on any atom is 0.344 e. The molecule has 0 aliphatic carbocycles. The molecule has 1 atom stereocenters. The second kappa shape index (κ2) is 5.17. The molecule has 7 nitrogen and oxygen atoms in total. The van der Waals surface area contributed by atoms with E-state index in [1.807, 2.05) is 6.08 Å². The summed E-state index contributed by atoms with van der Waals surface area (Å²) in [5.74, 6) is 0. The Morgan fingerprint density at radius 1 is 1.52 bits per heavy atom. The first-order chi connectivity index (χ1) is 10.1. The Labute approximate surface area is 121 Å². The number of hydrogen-bond donors (Lipinski definition) is 0. The predicted molar refractivity (Wildman–Crippen MR) is 76.2 cm³/mol. The molecule has 110 valence electrons. The van der Waals surface area contributed by atoms with Gasteiger partial charge in [0.2, 0.25) is 0 Å². The Kier molecular flexibility index (Phi) is 3.34. The Bertz CT molecular complexity index is 679. The third-order valence-corrected chi connectivity index (χ3v) is 3.66. The summed E-state index contributed by atoms with van der Waals surface area (Å²) >= 11 is 0. The van der Waals surface area contributed by atoms with Gasteiger partial charge in [-0.05, 0) is 5.57 Å². The van der Waals surface area contributed by atoms with Gasteiger partial charge in [0.05, 0.1) is 19.3 Å². The molecule has 0 saturated carbocycles. The standard InChI is InChI=1S/C14H16N4O3/c1-3-6-21-18-12-9-17(14(18)20)5-4-11(12)10-7-13(19)16(2)15-8-10/h3-4,7-8,12H,1,5-6,9H2,2H3. The summed E-state index contributed by atoms with van der Waals surface area (Å²) in [5.41, 5.74) is 1.44. The second-order valence-electron chi connectivity index (χ2n) is 4.98. The van der Waals surface area contributed by atoms with Crippen LogP contribution in [0.25, 0.3) is 5.57 Å². The highest BCUT2D eigenvalue weighted by molar-refractivity contribution is 5.84. The number of hydroxylamine groups is 2. The van der Waals surface area contributed by atoms with E-state index in [4.69, 9.17) is 4.84 Å².